The molecular formula is C24H21N3O2S2. The Morgan fingerprint density at radius 3 is 2.58 bits per heavy atom. The van der Waals surface area contributed by atoms with Crippen molar-refractivity contribution < 1.29 is 9.53 Å². The first-order valence-electron chi connectivity index (χ1n) is 10.1. The maximum Gasteiger partial charge on any atom is 0.257 e. The van der Waals surface area contributed by atoms with Crippen LogP contribution in [0.25, 0.3) is 0 Å². The largest absolute Gasteiger partial charge is 0.489 e. The van der Waals surface area contributed by atoms with Gasteiger partial charge in [0.15, 0.2) is 5.11 Å². The number of thiophene rings is 1. The normalized spacial score (nSPS) is 12.4. The summed E-state index contributed by atoms with van der Waals surface area (Å²) in [6.45, 7) is 0.465. The van der Waals surface area contributed by atoms with Crippen LogP contribution in [0.15, 0.2) is 54.6 Å². The molecule has 2 N–H and O–H groups in total. The second-order valence-corrected chi connectivity index (χ2v) is 8.75. The Labute approximate surface area is 190 Å². The number of nitrogens with zero attached hydrogens (tertiary/aromatic N) is 1. The van der Waals surface area contributed by atoms with Crippen molar-refractivity contribution in [3.8, 4) is 11.8 Å². The van der Waals surface area contributed by atoms with Crippen molar-refractivity contribution in [2.75, 3.05) is 5.32 Å². The van der Waals surface area contributed by atoms with Gasteiger partial charge in [0.2, 0.25) is 0 Å². The topological polar surface area (TPSA) is 74.2 Å². The summed E-state index contributed by atoms with van der Waals surface area (Å²) < 4.78 is 5.75. The molecule has 0 bridgehead atoms. The lowest BCUT2D eigenvalue weighted by atomic mass is 9.96. The van der Waals surface area contributed by atoms with Gasteiger partial charge in [0, 0.05) is 10.4 Å². The van der Waals surface area contributed by atoms with E-state index in [2.05, 4.69) is 16.7 Å². The summed E-state index contributed by atoms with van der Waals surface area (Å²) in [7, 11) is 0. The fourth-order valence-electron chi connectivity index (χ4n) is 3.53. The van der Waals surface area contributed by atoms with E-state index in [-0.39, 0.29) is 11.0 Å². The highest BCUT2D eigenvalue weighted by atomic mass is 32.1. The molecule has 31 heavy (non-hydrogen) atoms. The number of hydrogen-bond donors (Lipinski definition) is 2. The number of amides is 1. The van der Waals surface area contributed by atoms with Crippen molar-refractivity contribution in [3.63, 3.8) is 0 Å². The molecule has 1 aliphatic rings. The minimum Gasteiger partial charge on any atom is -0.489 e. The smallest absolute Gasteiger partial charge is 0.257 e. The van der Waals surface area contributed by atoms with Crippen molar-refractivity contribution in [2.45, 2.75) is 32.3 Å². The number of nitrogens with one attached hydrogen (secondary N) is 2. The molecule has 1 amide bonds. The van der Waals surface area contributed by atoms with E-state index < -0.39 is 0 Å². The van der Waals surface area contributed by atoms with Gasteiger partial charge in [-0.3, -0.25) is 10.1 Å². The Balaban J connectivity index is 1.34. The highest BCUT2D eigenvalue weighted by Gasteiger charge is 2.21. The predicted octanol–water partition coefficient (Wildman–Crippen LogP) is 5.20. The SMILES string of the molecule is N#Cc1c(NC(=S)NC(=O)c2ccc(OCc3ccccc3)cc2)sc2c1CCCC2. The van der Waals surface area contributed by atoms with Crippen LogP contribution in [0.2, 0.25) is 0 Å². The number of carbonyl (C=O) groups excluding carboxylic acids is 1. The summed E-state index contributed by atoms with van der Waals surface area (Å²) in [6, 6.07) is 19.1. The van der Waals surface area contributed by atoms with Gasteiger partial charge < -0.3 is 10.1 Å². The Hall–Kier alpha value is -3.21. The van der Waals surface area contributed by atoms with Gasteiger partial charge in [-0.1, -0.05) is 30.3 Å². The minimum absolute atomic E-state index is 0.185. The van der Waals surface area contributed by atoms with Crippen LogP contribution in [-0.4, -0.2) is 11.0 Å². The van der Waals surface area contributed by atoms with Gasteiger partial charge in [-0.2, -0.15) is 5.26 Å². The van der Waals surface area contributed by atoms with Crippen molar-refractivity contribution in [1.82, 2.24) is 5.32 Å². The number of thiocarbonyl (C=S) groups is 1. The third-order valence-electron chi connectivity index (χ3n) is 5.10. The molecule has 1 heterocycles. The summed E-state index contributed by atoms with van der Waals surface area (Å²) in [5, 5.41) is 16.2. The average Bonchev–Trinajstić information content (AvgIpc) is 3.15. The predicted molar refractivity (Wildman–Crippen MR) is 127 cm³/mol. The Morgan fingerprint density at radius 1 is 1.10 bits per heavy atom. The summed E-state index contributed by atoms with van der Waals surface area (Å²) in [5.74, 6) is 0.371. The van der Waals surface area contributed by atoms with Gasteiger partial charge in [-0.15, -0.1) is 11.3 Å². The molecule has 1 aliphatic carbocycles. The van der Waals surface area contributed by atoms with Crippen LogP contribution < -0.4 is 15.4 Å². The number of benzene rings is 2. The van der Waals surface area contributed by atoms with Gasteiger partial charge >= 0.3 is 0 Å². The zero-order valence-electron chi connectivity index (χ0n) is 16.8. The average molecular weight is 448 g/mol. The zero-order chi connectivity index (χ0) is 21.6. The van der Waals surface area contributed by atoms with Crippen LogP contribution in [0.5, 0.6) is 5.75 Å². The molecule has 0 unspecified atom stereocenters. The summed E-state index contributed by atoms with van der Waals surface area (Å²) in [4.78, 5) is 13.8. The van der Waals surface area contributed by atoms with Crippen molar-refractivity contribution in [2.24, 2.45) is 0 Å². The Bertz CT molecular complexity index is 1130. The van der Waals surface area contributed by atoms with Gasteiger partial charge in [0.05, 0.1) is 5.56 Å². The van der Waals surface area contributed by atoms with Crippen LogP contribution in [0.4, 0.5) is 5.00 Å². The van der Waals surface area contributed by atoms with E-state index in [4.69, 9.17) is 17.0 Å². The van der Waals surface area contributed by atoms with Crippen molar-refractivity contribution >= 4 is 39.6 Å². The third kappa shape index (κ3) is 5.10. The molecule has 4 rings (SSSR count). The minimum atomic E-state index is -0.313. The molecule has 5 nitrogen and oxygen atoms in total. The Kier molecular flexibility index (Phi) is 6.60. The molecular weight excluding hydrogens is 426 g/mol. The second kappa shape index (κ2) is 9.73. The molecule has 3 aromatic rings. The van der Waals surface area contributed by atoms with Gasteiger partial charge in [0.25, 0.3) is 5.91 Å². The second-order valence-electron chi connectivity index (χ2n) is 7.23. The first-order valence-corrected chi connectivity index (χ1v) is 11.3. The van der Waals surface area contributed by atoms with Gasteiger partial charge in [-0.25, -0.2) is 0 Å². The highest BCUT2D eigenvalue weighted by molar-refractivity contribution is 7.80. The van der Waals surface area contributed by atoms with Crippen molar-refractivity contribution in [1.29, 1.82) is 5.26 Å². The number of carbonyl (C=O) groups is 1. The molecule has 156 valence electrons. The molecule has 0 saturated carbocycles. The van der Waals surface area contributed by atoms with Crippen LogP contribution in [0, 0.1) is 11.3 Å². The summed E-state index contributed by atoms with van der Waals surface area (Å²) >= 11 is 6.87. The monoisotopic (exact) mass is 447 g/mol. The quantitative estimate of drug-likeness (QED) is 0.526. The first-order chi connectivity index (χ1) is 15.1. The molecule has 0 aliphatic heterocycles. The molecule has 1 aromatic heterocycles. The number of hydrogen-bond acceptors (Lipinski definition) is 5. The fourth-order valence-corrected chi connectivity index (χ4v) is 5.03. The molecule has 0 spiro atoms. The third-order valence-corrected chi connectivity index (χ3v) is 6.51. The van der Waals surface area contributed by atoms with E-state index in [1.807, 2.05) is 30.3 Å². The van der Waals surface area contributed by atoms with Gasteiger partial charge in [-0.05, 0) is 73.3 Å². The van der Waals surface area contributed by atoms with E-state index in [9.17, 15) is 10.1 Å². The lowest BCUT2D eigenvalue weighted by Crippen LogP contribution is -2.34. The maximum atomic E-state index is 12.5. The van der Waals surface area contributed by atoms with E-state index in [0.717, 1.165) is 36.8 Å². The lowest BCUT2D eigenvalue weighted by Gasteiger charge is -2.10. The van der Waals surface area contributed by atoms with Crippen LogP contribution >= 0.6 is 23.6 Å². The van der Waals surface area contributed by atoms with Crippen LogP contribution in [0.1, 0.15) is 44.8 Å². The lowest BCUT2D eigenvalue weighted by molar-refractivity contribution is 0.0977. The Morgan fingerprint density at radius 2 is 1.84 bits per heavy atom. The molecule has 2 aromatic carbocycles. The summed E-state index contributed by atoms with van der Waals surface area (Å²) in [6.07, 6.45) is 4.16. The van der Waals surface area contributed by atoms with E-state index >= 15 is 0 Å². The number of rotatable bonds is 5. The van der Waals surface area contributed by atoms with Crippen LogP contribution in [-0.2, 0) is 19.4 Å². The maximum absolute atomic E-state index is 12.5. The highest BCUT2D eigenvalue weighted by Crippen LogP contribution is 2.37. The standard InChI is InChI=1S/C24H21N3O2S2/c25-14-20-19-8-4-5-9-21(19)31-23(20)27-24(30)26-22(28)17-10-12-18(13-11-17)29-15-16-6-2-1-3-7-16/h1-3,6-7,10-13H,4-5,8-9,15H2,(H2,26,27,28,30). The number of ether oxygens (including phenoxy) is 1. The van der Waals surface area contributed by atoms with E-state index in [0.29, 0.717) is 28.5 Å². The summed E-state index contributed by atoms with van der Waals surface area (Å²) in [5.41, 5.74) is 3.33. The molecule has 0 saturated heterocycles. The number of aryl methyl sites for hydroxylation is 1. The number of nitriles is 1. The van der Waals surface area contributed by atoms with Gasteiger partial charge in [0.1, 0.15) is 23.4 Å². The molecule has 7 heteroatoms. The van der Waals surface area contributed by atoms with Crippen molar-refractivity contribution in [3.05, 3.63) is 81.7 Å². The molecule has 0 radical (unpaired) electrons. The fraction of sp³-hybridized carbons (Fsp3) is 0.208. The van der Waals surface area contributed by atoms with E-state index in [1.165, 1.54) is 4.88 Å². The zero-order valence-corrected chi connectivity index (χ0v) is 18.4. The van der Waals surface area contributed by atoms with E-state index in [1.54, 1.807) is 35.6 Å². The molecule has 0 atom stereocenters. The number of fused-ring (bicyclic) bond motifs is 1. The molecule has 0 fully saturated rings. The number of anilines is 1. The first kappa shape index (κ1) is 21.0. The van der Waals surface area contributed by atoms with Crippen LogP contribution in [0.3, 0.4) is 0 Å².